The quantitative estimate of drug-likeness (QED) is 0.919. The van der Waals surface area contributed by atoms with Crippen molar-refractivity contribution in [3.63, 3.8) is 0 Å². The van der Waals surface area contributed by atoms with Crippen molar-refractivity contribution in [2.45, 2.75) is 26.9 Å². The lowest BCUT2D eigenvalue weighted by Gasteiger charge is -2.16. The molecule has 1 unspecified atom stereocenters. The Morgan fingerprint density at radius 3 is 2.58 bits per heavy atom. The monoisotopic (exact) mass is 260 g/mol. The first-order valence-corrected chi connectivity index (χ1v) is 6.46. The first-order valence-electron chi connectivity index (χ1n) is 6.46. The van der Waals surface area contributed by atoms with Crippen LogP contribution >= 0.6 is 0 Å². The van der Waals surface area contributed by atoms with E-state index in [-0.39, 0.29) is 0 Å². The first-order chi connectivity index (χ1) is 9.06. The minimum Gasteiger partial charge on any atom is -0.493 e. The van der Waals surface area contributed by atoms with Gasteiger partial charge in [-0.25, -0.2) is 0 Å². The van der Waals surface area contributed by atoms with Gasteiger partial charge in [-0.15, -0.1) is 0 Å². The molecule has 1 aromatic carbocycles. The average molecular weight is 260 g/mol. The lowest BCUT2D eigenvalue weighted by molar-refractivity contribution is 0.210. The minimum absolute atomic E-state index is 0.578. The normalized spacial score (nSPS) is 12.5. The largest absolute Gasteiger partial charge is 0.493 e. The molecule has 0 fully saturated rings. The molecule has 0 aliphatic heterocycles. The number of para-hydroxylation sites is 1. The van der Waals surface area contributed by atoms with Gasteiger partial charge in [0.2, 0.25) is 0 Å². The molecular weight excluding hydrogens is 240 g/mol. The van der Waals surface area contributed by atoms with Gasteiger partial charge in [-0.05, 0) is 26.8 Å². The van der Waals surface area contributed by atoms with E-state index in [1.54, 1.807) is 4.68 Å². The maximum absolute atomic E-state index is 10.6. The minimum atomic E-state index is -0.712. The van der Waals surface area contributed by atoms with Crippen molar-refractivity contribution in [3.8, 4) is 5.75 Å². The Hall–Kier alpha value is -1.81. The number of hydrogen-bond acceptors (Lipinski definition) is 3. The third-order valence-corrected chi connectivity index (χ3v) is 3.35. The van der Waals surface area contributed by atoms with Crippen molar-refractivity contribution in [3.05, 3.63) is 46.8 Å². The van der Waals surface area contributed by atoms with Crippen LogP contribution in [0.15, 0.2) is 24.3 Å². The highest BCUT2D eigenvalue weighted by molar-refractivity contribution is 5.42. The summed E-state index contributed by atoms with van der Waals surface area (Å²) in [6.07, 6.45) is -0.712. The summed E-state index contributed by atoms with van der Waals surface area (Å²) >= 11 is 0. The number of rotatable bonds is 4. The highest BCUT2D eigenvalue weighted by Gasteiger charge is 2.22. The summed E-state index contributed by atoms with van der Waals surface area (Å²) in [5.41, 5.74) is 3.45. The Balaban J connectivity index is 2.47. The molecule has 0 radical (unpaired) electrons. The zero-order chi connectivity index (χ0) is 14.0. The molecule has 102 valence electrons. The number of aromatic nitrogens is 2. The number of aliphatic hydroxyl groups excluding tert-OH is 1. The molecule has 1 N–H and O–H groups in total. The number of hydrogen-bond donors (Lipinski definition) is 1. The summed E-state index contributed by atoms with van der Waals surface area (Å²) in [7, 11) is 1.88. The van der Waals surface area contributed by atoms with Crippen LogP contribution < -0.4 is 4.74 Å². The van der Waals surface area contributed by atoms with Crippen molar-refractivity contribution < 1.29 is 9.84 Å². The Labute approximate surface area is 113 Å². The summed E-state index contributed by atoms with van der Waals surface area (Å²) in [5.74, 6) is 0.722. The fourth-order valence-corrected chi connectivity index (χ4v) is 2.33. The average Bonchev–Trinajstić information content (AvgIpc) is 2.64. The maximum Gasteiger partial charge on any atom is 0.125 e. The molecule has 0 saturated heterocycles. The lowest BCUT2D eigenvalue weighted by Crippen LogP contribution is -2.06. The van der Waals surface area contributed by atoms with Gasteiger partial charge in [-0.3, -0.25) is 4.68 Å². The van der Waals surface area contributed by atoms with Crippen LogP contribution in [0.1, 0.15) is 35.5 Å². The van der Waals surface area contributed by atoms with Gasteiger partial charge in [0.05, 0.1) is 12.3 Å². The van der Waals surface area contributed by atoms with Gasteiger partial charge in [0.15, 0.2) is 0 Å². The Bertz CT molecular complexity index is 576. The van der Waals surface area contributed by atoms with Gasteiger partial charge >= 0.3 is 0 Å². The van der Waals surface area contributed by atoms with Crippen molar-refractivity contribution in [1.82, 2.24) is 9.78 Å². The molecule has 19 heavy (non-hydrogen) atoms. The third kappa shape index (κ3) is 2.49. The first kappa shape index (κ1) is 13.6. The molecule has 2 rings (SSSR count). The van der Waals surface area contributed by atoms with Crippen LogP contribution in [0, 0.1) is 13.8 Å². The van der Waals surface area contributed by atoms with Gasteiger partial charge in [0, 0.05) is 23.9 Å². The van der Waals surface area contributed by atoms with E-state index in [1.807, 2.05) is 52.1 Å². The van der Waals surface area contributed by atoms with E-state index in [2.05, 4.69) is 5.10 Å². The fourth-order valence-electron chi connectivity index (χ4n) is 2.33. The molecule has 4 nitrogen and oxygen atoms in total. The number of benzene rings is 1. The van der Waals surface area contributed by atoms with Crippen LogP contribution in [0.25, 0.3) is 0 Å². The molecule has 0 amide bonds. The molecule has 1 heterocycles. The number of nitrogens with zero attached hydrogens (tertiary/aromatic N) is 2. The van der Waals surface area contributed by atoms with Crippen molar-refractivity contribution in [2.75, 3.05) is 6.61 Å². The SMILES string of the molecule is CCOc1ccccc1C(O)c1c(C)nn(C)c1C. The van der Waals surface area contributed by atoms with Crippen LogP contribution in [0.2, 0.25) is 0 Å². The molecule has 0 bridgehead atoms. The summed E-state index contributed by atoms with van der Waals surface area (Å²) < 4.78 is 7.37. The maximum atomic E-state index is 10.6. The van der Waals surface area contributed by atoms with Gasteiger partial charge < -0.3 is 9.84 Å². The van der Waals surface area contributed by atoms with Gasteiger partial charge in [0.1, 0.15) is 11.9 Å². The van der Waals surface area contributed by atoms with Crippen molar-refractivity contribution in [2.24, 2.45) is 7.05 Å². The predicted octanol–water partition coefficient (Wildman–Crippen LogP) is 2.52. The summed E-state index contributed by atoms with van der Waals surface area (Å²) in [4.78, 5) is 0. The third-order valence-electron chi connectivity index (χ3n) is 3.35. The van der Waals surface area contributed by atoms with Crippen LogP contribution in [0.5, 0.6) is 5.75 Å². The van der Waals surface area contributed by atoms with E-state index in [9.17, 15) is 5.11 Å². The lowest BCUT2D eigenvalue weighted by atomic mass is 9.99. The van der Waals surface area contributed by atoms with Crippen LogP contribution in [-0.2, 0) is 7.05 Å². The molecule has 0 aliphatic carbocycles. The van der Waals surface area contributed by atoms with E-state index in [0.717, 1.165) is 28.3 Å². The Morgan fingerprint density at radius 2 is 2.00 bits per heavy atom. The van der Waals surface area contributed by atoms with E-state index >= 15 is 0 Å². The van der Waals surface area contributed by atoms with Gasteiger partial charge in [0.25, 0.3) is 0 Å². The molecule has 1 aromatic heterocycles. The standard InChI is InChI=1S/C15H20N2O2/c1-5-19-13-9-7-6-8-12(13)15(18)14-10(2)16-17(4)11(14)3/h6-9,15,18H,5H2,1-4H3. The van der Waals surface area contributed by atoms with Crippen LogP contribution in [0.4, 0.5) is 0 Å². The second-order valence-corrected chi connectivity index (χ2v) is 4.58. The predicted molar refractivity (Wildman–Crippen MR) is 74.4 cm³/mol. The topological polar surface area (TPSA) is 47.3 Å². The second-order valence-electron chi connectivity index (χ2n) is 4.58. The molecular formula is C15H20N2O2. The molecule has 0 saturated carbocycles. The van der Waals surface area contributed by atoms with E-state index in [0.29, 0.717) is 6.61 Å². The number of aliphatic hydroxyl groups is 1. The van der Waals surface area contributed by atoms with Crippen molar-refractivity contribution in [1.29, 1.82) is 0 Å². The van der Waals surface area contributed by atoms with Crippen LogP contribution in [0.3, 0.4) is 0 Å². The Kier molecular flexibility index (Phi) is 3.90. The number of aryl methyl sites for hydroxylation is 2. The van der Waals surface area contributed by atoms with Gasteiger partial charge in [-0.1, -0.05) is 18.2 Å². The molecule has 1 atom stereocenters. The number of ether oxygens (including phenoxy) is 1. The highest BCUT2D eigenvalue weighted by Crippen LogP contribution is 2.32. The second kappa shape index (κ2) is 5.45. The summed E-state index contributed by atoms with van der Waals surface area (Å²) in [6.45, 7) is 6.38. The molecule has 0 aliphatic rings. The zero-order valence-electron chi connectivity index (χ0n) is 11.8. The fraction of sp³-hybridized carbons (Fsp3) is 0.400. The molecule has 0 spiro atoms. The molecule has 2 aromatic rings. The van der Waals surface area contributed by atoms with E-state index in [1.165, 1.54) is 0 Å². The van der Waals surface area contributed by atoms with Crippen LogP contribution in [-0.4, -0.2) is 21.5 Å². The Morgan fingerprint density at radius 1 is 1.32 bits per heavy atom. The van der Waals surface area contributed by atoms with Crippen molar-refractivity contribution >= 4 is 0 Å². The highest BCUT2D eigenvalue weighted by atomic mass is 16.5. The molecule has 4 heteroatoms. The van der Waals surface area contributed by atoms with E-state index < -0.39 is 6.10 Å². The van der Waals surface area contributed by atoms with E-state index in [4.69, 9.17) is 4.74 Å². The smallest absolute Gasteiger partial charge is 0.125 e. The summed E-state index contributed by atoms with van der Waals surface area (Å²) in [6, 6.07) is 7.58. The van der Waals surface area contributed by atoms with Gasteiger partial charge in [-0.2, -0.15) is 5.10 Å². The zero-order valence-corrected chi connectivity index (χ0v) is 11.8. The summed E-state index contributed by atoms with van der Waals surface area (Å²) in [5, 5.41) is 15.0.